The quantitative estimate of drug-likeness (QED) is 0.458. The molecule has 0 aromatic heterocycles. The van der Waals surface area contributed by atoms with Gasteiger partial charge in [0.15, 0.2) is 0 Å². The first-order valence-electron chi connectivity index (χ1n) is 3.80. The zero-order chi connectivity index (χ0) is 9.54. The molecule has 4 heteroatoms. The molecule has 0 aliphatic carbocycles. The van der Waals surface area contributed by atoms with Gasteiger partial charge in [0.25, 0.3) is 0 Å². The first-order chi connectivity index (χ1) is 5.24. The van der Waals surface area contributed by atoms with E-state index in [1.54, 1.807) is 0 Å². The van der Waals surface area contributed by atoms with E-state index in [0.717, 1.165) is 12.8 Å². The zero-order valence-electron chi connectivity index (χ0n) is 8.25. The van der Waals surface area contributed by atoms with E-state index in [-0.39, 0.29) is 19.5 Å². The molecule has 0 fully saturated rings. The minimum Gasteiger partial charge on any atom is -0.343 e. The predicted molar refractivity (Wildman–Crippen MR) is 50.4 cm³/mol. The minimum absolute atomic E-state index is 0. The molecule has 0 amide bonds. The summed E-state index contributed by atoms with van der Waals surface area (Å²) >= 11 is 0. The molecule has 0 rings (SSSR count). The predicted octanol–water partition coefficient (Wildman–Crippen LogP) is 3.42. The van der Waals surface area contributed by atoms with Crippen molar-refractivity contribution in [2.75, 3.05) is 0 Å². The van der Waals surface area contributed by atoms with Gasteiger partial charge in [-0.3, -0.25) is 0 Å². The Morgan fingerprint density at radius 3 is 1.25 bits per heavy atom. The number of rotatable bonds is 2. The summed E-state index contributed by atoms with van der Waals surface area (Å²) in [5.74, 6) is 0. The van der Waals surface area contributed by atoms with E-state index < -0.39 is 8.69 Å². The van der Waals surface area contributed by atoms with Crippen LogP contribution in [-0.2, 0) is 24.0 Å². The summed E-state index contributed by atoms with van der Waals surface area (Å²) in [4.78, 5) is 6.99. The molecule has 0 aliphatic heterocycles. The molecule has 0 aliphatic rings. The molecule has 1 N–H and O–H groups in total. The molecule has 70 valence electrons. The topological polar surface area (TPSA) is 37.3 Å². The summed E-state index contributed by atoms with van der Waals surface area (Å²) in [5.41, 5.74) is 0. The van der Waals surface area contributed by atoms with E-state index >= 15 is 0 Å². The van der Waals surface area contributed by atoms with Gasteiger partial charge in [-0.05, 0) is 0 Å². The normalized spacial score (nSPS) is 6.75. The van der Waals surface area contributed by atoms with Crippen LogP contribution in [0, 0.1) is 13.8 Å². The number of unbranched alkanes of at least 4 members (excludes halogenated alkanes) is 2. The van der Waals surface area contributed by atoms with E-state index in [4.69, 9.17) is 9.46 Å². The van der Waals surface area contributed by atoms with Crippen LogP contribution >= 0.6 is 8.69 Å². The van der Waals surface area contributed by atoms with Crippen molar-refractivity contribution >= 4 is 8.69 Å². The van der Waals surface area contributed by atoms with Gasteiger partial charge in [0, 0.05) is 0 Å². The monoisotopic (exact) mass is 242 g/mol. The Bertz CT molecular complexity index is 46.3. The molecule has 0 unspecified atom stereocenters. The van der Waals surface area contributed by atoms with Gasteiger partial charge in [-0.2, -0.15) is 12.8 Å². The second kappa shape index (κ2) is 41.3. The average Bonchev–Trinajstić information content (AvgIpc) is 2.06. The fourth-order valence-electron chi connectivity index (χ4n) is 0. The fourth-order valence-corrected chi connectivity index (χ4v) is 0. The summed E-state index contributed by atoms with van der Waals surface area (Å²) in [5, 5.41) is 0. The SMILES string of the molecule is O=PO.[CH2-]CCC.[CH2-]CCC.[Zn+2]. The Morgan fingerprint density at radius 1 is 1.17 bits per heavy atom. The van der Waals surface area contributed by atoms with Crippen LogP contribution in [0.3, 0.4) is 0 Å². The number of hydrogen-bond acceptors (Lipinski definition) is 1. The third-order valence-corrected chi connectivity index (χ3v) is 0.707. The molecule has 0 atom stereocenters. The number of hydrogen-bond donors (Lipinski definition) is 1. The van der Waals surface area contributed by atoms with Crippen LogP contribution in [-0.4, -0.2) is 4.89 Å². The van der Waals surface area contributed by atoms with E-state index in [1.165, 1.54) is 12.8 Å². The maximum absolute atomic E-state index is 8.46. The Morgan fingerprint density at radius 2 is 1.25 bits per heavy atom. The molecular weight excluding hydrogens is 224 g/mol. The first-order valence-corrected chi connectivity index (χ1v) is 4.56. The molecule has 0 aromatic carbocycles. The van der Waals surface area contributed by atoms with Crippen molar-refractivity contribution in [3.8, 4) is 0 Å². The van der Waals surface area contributed by atoms with Crippen LogP contribution in [0.2, 0.25) is 0 Å². The average molecular weight is 244 g/mol. The molecule has 0 bridgehead atoms. The van der Waals surface area contributed by atoms with Gasteiger partial charge < -0.3 is 18.7 Å². The molecule has 0 saturated heterocycles. The molecule has 0 radical (unpaired) electrons. The Balaban J connectivity index is -0.0000000389. The van der Waals surface area contributed by atoms with E-state index in [2.05, 4.69) is 27.7 Å². The summed E-state index contributed by atoms with van der Waals surface area (Å²) in [7, 11) is -0.833. The van der Waals surface area contributed by atoms with Gasteiger partial charge in [0.1, 0.15) is 0 Å². The standard InChI is InChI=1S/2C4H9.HO2P.Zn/c2*1-3-4-2;1-3-2;/h2*1,3-4H2,2H3;(H,1,2);/q2*-1;;+2. The van der Waals surface area contributed by atoms with E-state index in [1.807, 2.05) is 0 Å². The van der Waals surface area contributed by atoms with Crippen molar-refractivity contribution in [3.63, 3.8) is 0 Å². The zero-order valence-corrected chi connectivity index (χ0v) is 12.1. The van der Waals surface area contributed by atoms with Crippen molar-refractivity contribution in [1.29, 1.82) is 0 Å². The Hall–Kier alpha value is 0.683. The van der Waals surface area contributed by atoms with Crippen molar-refractivity contribution < 1.29 is 28.9 Å². The van der Waals surface area contributed by atoms with Gasteiger partial charge in [0.05, 0.1) is 0 Å². The maximum Gasteiger partial charge on any atom is 2.00 e. The smallest absolute Gasteiger partial charge is 0.343 e. The second-order valence-electron chi connectivity index (χ2n) is 1.79. The van der Waals surface area contributed by atoms with Gasteiger partial charge in [0.2, 0.25) is 0 Å². The molecule has 0 saturated carbocycles. The van der Waals surface area contributed by atoms with Gasteiger partial charge in [-0.1, -0.05) is 26.7 Å². The van der Waals surface area contributed by atoms with Crippen molar-refractivity contribution in [1.82, 2.24) is 0 Å². The summed E-state index contributed by atoms with van der Waals surface area (Å²) in [6.07, 6.45) is 4.56. The molecule has 0 spiro atoms. The van der Waals surface area contributed by atoms with Crippen molar-refractivity contribution in [2.45, 2.75) is 39.5 Å². The first kappa shape index (κ1) is 23.0. The van der Waals surface area contributed by atoms with Gasteiger partial charge in [-0.25, -0.2) is 4.57 Å². The maximum atomic E-state index is 8.46. The fraction of sp³-hybridized carbons (Fsp3) is 0.750. The van der Waals surface area contributed by atoms with E-state index in [9.17, 15) is 0 Å². The minimum atomic E-state index is -0.833. The summed E-state index contributed by atoms with van der Waals surface area (Å²) < 4.78 is 8.46. The van der Waals surface area contributed by atoms with Crippen LogP contribution in [0.15, 0.2) is 0 Å². The Kier molecular flexibility index (Phi) is 79.0. The summed E-state index contributed by atoms with van der Waals surface area (Å²) in [6, 6.07) is 0. The van der Waals surface area contributed by atoms with Crippen LogP contribution in [0.5, 0.6) is 0 Å². The van der Waals surface area contributed by atoms with Crippen molar-refractivity contribution in [2.24, 2.45) is 0 Å². The van der Waals surface area contributed by atoms with E-state index in [0.29, 0.717) is 0 Å². The Labute approximate surface area is 91.2 Å². The van der Waals surface area contributed by atoms with Gasteiger partial charge in [-0.15, -0.1) is 0 Å². The largest absolute Gasteiger partial charge is 2.00 e. The molecular formula is C8H19O2PZn. The van der Waals surface area contributed by atoms with Crippen LogP contribution < -0.4 is 0 Å². The molecule has 2 nitrogen and oxygen atoms in total. The third-order valence-electron chi connectivity index (χ3n) is 0.707. The molecule has 0 aromatic rings. The van der Waals surface area contributed by atoms with Crippen LogP contribution in [0.4, 0.5) is 0 Å². The second-order valence-corrected chi connectivity index (χ2v) is 1.95. The van der Waals surface area contributed by atoms with Crippen molar-refractivity contribution in [3.05, 3.63) is 13.8 Å². The summed E-state index contributed by atoms with van der Waals surface area (Å²) in [6.45, 7) is 11.4. The van der Waals surface area contributed by atoms with Gasteiger partial charge >= 0.3 is 28.2 Å². The third kappa shape index (κ3) is 139. The molecule has 12 heavy (non-hydrogen) atoms. The molecule has 0 heterocycles. The van der Waals surface area contributed by atoms with Crippen LogP contribution in [0.1, 0.15) is 39.5 Å². The van der Waals surface area contributed by atoms with Crippen LogP contribution in [0.25, 0.3) is 0 Å².